The Kier molecular flexibility index (Phi) is 7.32. The number of aryl methyl sites for hydroxylation is 1. The highest BCUT2D eigenvalue weighted by atomic mass is 79.9. The minimum atomic E-state index is -0.111. The predicted molar refractivity (Wildman–Crippen MR) is 79.0 cm³/mol. The molecule has 0 fully saturated rings. The van der Waals surface area contributed by atoms with E-state index in [9.17, 15) is 0 Å². The van der Waals surface area contributed by atoms with Gasteiger partial charge in [-0.1, -0.05) is 22.0 Å². The highest BCUT2D eigenvalue weighted by Crippen LogP contribution is 2.20. The van der Waals surface area contributed by atoms with Crippen LogP contribution in [0.1, 0.15) is 25.8 Å². The normalized spacial score (nSPS) is 10.9. The van der Waals surface area contributed by atoms with E-state index in [2.05, 4.69) is 40.3 Å². The van der Waals surface area contributed by atoms with Crippen LogP contribution < -0.4 is 5.32 Å². The molecule has 1 N–H and O–H groups in total. The summed E-state index contributed by atoms with van der Waals surface area (Å²) in [5, 5.41) is 3.41. The maximum atomic E-state index is 5.50. The van der Waals surface area contributed by atoms with Crippen LogP contribution in [0.15, 0.2) is 22.7 Å². The van der Waals surface area contributed by atoms with E-state index in [1.807, 2.05) is 19.9 Å². The van der Waals surface area contributed by atoms with Gasteiger partial charge in [0.05, 0.1) is 0 Å². The molecule has 3 nitrogen and oxygen atoms in total. The second-order valence-corrected chi connectivity index (χ2v) is 4.93. The third kappa shape index (κ3) is 5.38. The third-order valence-electron chi connectivity index (χ3n) is 2.60. The van der Waals surface area contributed by atoms with Crippen LogP contribution in [0, 0.1) is 6.92 Å². The van der Waals surface area contributed by atoms with Crippen molar-refractivity contribution < 1.29 is 9.47 Å². The quantitative estimate of drug-likeness (QED) is 0.737. The van der Waals surface area contributed by atoms with Crippen molar-refractivity contribution in [1.82, 2.24) is 0 Å². The Bertz CT molecular complexity index is 352. The number of rotatable bonds is 8. The lowest BCUT2D eigenvalue weighted by Gasteiger charge is -2.18. The van der Waals surface area contributed by atoms with Crippen molar-refractivity contribution in [2.45, 2.75) is 33.5 Å². The Labute approximate surface area is 118 Å². The molecular formula is C14H22BrNO2. The molecule has 0 bridgehead atoms. The molecular weight excluding hydrogens is 294 g/mol. The molecule has 0 radical (unpaired) electrons. The van der Waals surface area contributed by atoms with Gasteiger partial charge in [0.25, 0.3) is 0 Å². The first-order valence-electron chi connectivity index (χ1n) is 6.40. The van der Waals surface area contributed by atoms with E-state index < -0.39 is 0 Å². The number of nitrogens with one attached hydrogen (secondary N) is 1. The Hall–Kier alpha value is -0.580. The molecule has 1 aromatic rings. The van der Waals surface area contributed by atoms with Crippen molar-refractivity contribution in [3.63, 3.8) is 0 Å². The first-order valence-corrected chi connectivity index (χ1v) is 7.19. The highest BCUT2D eigenvalue weighted by molar-refractivity contribution is 9.10. The fraction of sp³-hybridized carbons (Fsp3) is 0.571. The van der Waals surface area contributed by atoms with E-state index in [0.29, 0.717) is 13.2 Å². The topological polar surface area (TPSA) is 30.5 Å². The first-order chi connectivity index (χ1) is 8.67. The van der Waals surface area contributed by atoms with Crippen LogP contribution in [0.3, 0.4) is 0 Å². The van der Waals surface area contributed by atoms with Gasteiger partial charge in [0.1, 0.15) is 0 Å². The van der Waals surface area contributed by atoms with Crippen molar-refractivity contribution in [2.24, 2.45) is 0 Å². The lowest BCUT2D eigenvalue weighted by atomic mass is 10.2. The summed E-state index contributed by atoms with van der Waals surface area (Å²) in [6, 6.07) is 6.23. The minimum absolute atomic E-state index is 0.111. The second-order valence-electron chi connectivity index (χ2n) is 4.01. The van der Waals surface area contributed by atoms with Crippen molar-refractivity contribution >= 4 is 21.6 Å². The summed E-state index contributed by atoms with van der Waals surface area (Å²) in [5.74, 6) is 0. The van der Waals surface area contributed by atoms with Gasteiger partial charge in [-0.3, -0.25) is 0 Å². The second kappa shape index (κ2) is 8.51. The van der Waals surface area contributed by atoms with E-state index in [1.165, 1.54) is 5.56 Å². The number of hydrogen-bond acceptors (Lipinski definition) is 3. The Morgan fingerprint density at radius 2 is 1.89 bits per heavy atom. The molecule has 0 saturated heterocycles. The van der Waals surface area contributed by atoms with Gasteiger partial charge in [0.15, 0.2) is 6.29 Å². The number of ether oxygens (including phenoxy) is 2. The van der Waals surface area contributed by atoms with Gasteiger partial charge in [-0.15, -0.1) is 0 Å². The van der Waals surface area contributed by atoms with E-state index in [1.54, 1.807) is 0 Å². The van der Waals surface area contributed by atoms with Gasteiger partial charge >= 0.3 is 0 Å². The van der Waals surface area contributed by atoms with Crippen molar-refractivity contribution in [2.75, 3.05) is 25.1 Å². The van der Waals surface area contributed by atoms with Crippen molar-refractivity contribution in [3.05, 3.63) is 28.2 Å². The molecule has 1 rings (SSSR count). The predicted octanol–water partition coefficient (Wildman–Crippen LogP) is 3.96. The van der Waals surface area contributed by atoms with E-state index in [4.69, 9.17) is 9.47 Å². The van der Waals surface area contributed by atoms with Crippen LogP contribution in [0.25, 0.3) is 0 Å². The zero-order valence-electron chi connectivity index (χ0n) is 11.3. The Balaban J connectivity index is 2.41. The standard InChI is InChI=1S/C14H22BrNO2/c1-4-17-14(18-5-2)8-9-16-13-10-12(15)7-6-11(13)3/h6-7,10,14,16H,4-5,8-9H2,1-3H3. The van der Waals surface area contributed by atoms with E-state index in [0.717, 1.165) is 23.1 Å². The van der Waals surface area contributed by atoms with E-state index in [-0.39, 0.29) is 6.29 Å². The van der Waals surface area contributed by atoms with Crippen molar-refractivity contribution in [3.8, 4) is 0 Å². The van der Waals surface area contributed by atoms with Gasteiger partial charge in [-0.05, 0) is 38.5 Å². The fourth-order valence-corrected chi connectivity index (χ4v) is 2.06. The number of benzene rings is 1. The first kappa shape index (κ1) is 15.5. The van der Waals surface area contributed by atoms with E-state index >= 15 is 0 Å². The Morgan fingerprint density at radius 1 is 1.22 bits per heavy atom. The summed E-state index contributed by atoms with van der Waals surface area (Å²) in [5.41, 5.74) is 2.39. The summed E-state index contributed by atoms with van der Waals surface area (Å²) in [6.07, 6.45) is 0.730. The number of hydrogen-bond donors (Lipinski definition) is 1. The highest BCUT2D eigenvalue weighted by Gasteiger charge is 2.07. The van der Waals surface area contributed by atoms with Crippen LogP contribution in [-0.4, -0.2) is 26.0 Å². The average molecular weight is 316 g/mol. The van der Waals surface area contributed by atoms with Gasteiger partial charge in [-0.2, -0.15) is 0 Å². The third-order valence-corrected chi connectivity index (χ3v) is 3.09. The number of halogens is 1. The molecule has 18 heavy (non-hydrogen) atoms. The summed E-state index contributed by atoms with van der Waals surface area (Å²) in [7, 11) is 0. The van der Waals surface area contributed by atoms with Gasteiger partial charge < -0.3 is 14.8 Å². The molecule has 0 aliphatic rings. The van der Waals surface area contributed by atoms with Gasteiger partial charge in [-0.25, -0.2) is 0 Å². The zero-order chi connectivity index (χ0) is 13.4. The summed E-state index contributed by atoms with van der Waals surface area (Å²) < 4.78 is 12.1. The lowest BCUT2D eigenvalue weighted by molar-refractivity contribution is -0.137. The zero-order valence-corrected chi connectivity index (χ0v) is 12.9. The molecule has 0 spiro atoms. The molecule has 0 aliphatic carbocycles. The molecule has 1 aromatic carbocycles. The molecule has 0 atom stereocenters. The van der Waals surface area contributed by atoms with Gasteiger partial charge in [0, 0.05) is 36.3 Å². The summed E-state index contributed by atoms with van der Waals surface area (Å²) >= 11 is 3.48. The molecule has 102 valence electrons. The molecule has 0 aliphatic heterocycles. The van der Waals surface area contributed by atoms with Crippen molar-refractivity contribution in [1.29, 1.82) is 0 Å². The largest absolute Gasteiger partial charge is 0.385 e. The SMILES string of the molecule is CCOC(CCNc1cc(Br)ccc1C)OCC. The molecule has 4 heteroatoms. The monoisotopic (exact) mass is 315 g/mol. The van der Waals surface area contributed by atoms with Crippen LogP contribution in [0.5, 0.6) is 0 Å². The Morgan fingerprint density at radius 3 is 2.50 bits per heavy atom. The maximum absolute atomic E-state index is 5.50. The maximum Gasteiger partial charge on any atom is 0.159 e. The summed E-state index contributed by atoms with van der Waals surface area (Å²) in [6.45, 7) is 8.26. The molecule has 0 heterocycles. The fourth-order valence-electron chi connectivity index (χ4n) is 1.70. The van der Waals surface area contributed by atoms with Crippen LogP contribution in [-0.2, 0) is 9.47 Å². The number of anilines is 1. The minimum Gasteiger partial charge on any atom is -0.385 e. The van der Waals surface area contributed by atoms with Crippen LogP contribution >= 0.6 is 15.9 Å². The smallest absolute Gasteiger partial charge is 0.159 e. The molecule has 0 unspecified atom stereocenters. The molecule has 0 saturated carbocycles. The lowest BCUT2D eigenvalue weighted by Crippen LogP contribution is -2.21. The van der Waals surface area contributed by atoms with Gasteiger partial charge in [0.2, 0.25) is 0 Å². The average Bonchev–Trinajstić information content (AvgIpc) is 2.34. The van der Waals surface area contributed by atoms with Crippen LogP contribution in [0.4, 0.5) is 5.69 Å². The molecule has 0 amide bonds. The van der Waals surface area contributed by atoms with Crippen LogP contribution in [0.2, 0.25) is 0 Å². The summed E-state index contributed by atoms with van der Waals surface area (Å²) in [4.78, 5) is 0. The molecule has 0 aromatic heterocycles.